The maximum atomic E-state index is 12.6. The van der Waals surface area contributed by atoms with Crippen molar-refractivity contribution in [3.8, 4) is 45.0 Å². The number of rotatable bonds is 20. The van der Waals surface area contributed by atoms with E-state index in [0.717, 1.165) is 49.0 Å². The average Bonchev–Trinajstić information content (AvgIpc) is 1.62. The van der Waals surface area contributed by atoms with Crippen molar-refractivity contribution in [2.24, 2.45) is 0 Å². The van der Waals surface area contributed by atoms with Crippen molar-refractivity contribution in [2.45, 2.75) is 105 Å². The third kappa shape index (κ3) is 19.6. The van der Waals surface area contributed by atoms with Gasteiger partial charge in [0.2, 0.25) is 5.28 Å². The topological polar surface area (TPSA) is 472 Å². The van der Waals surface area contributed by atoms with Gasteiger partial charge >= 0.3 is 0 Å². The Balaban J connectivity index is 0.000000141. The van der Waals surface area contributed by atoms with Crippen molar-refractivity contribution in [3.05, 3.63) is 249 Å². The van der Waals surface area contributed by atoms with Gasteiger partial charge < -0.3 is 44.2 Å². The number of hydrogen-bond acceptors (Lipinski definition) is 26. The molecule has 123 heavy (non-hydrogen) atoms. The quantitative estimate of drug-likeness (QED) is 0.0259. The van der Waals surface area contributed by atoms with Crippen LogP contribution in [0.5, 0.6) is 0 Å². The molecule has 0 aliphatic carbocycles. The fourth-order valence-electron chi connectivity index (χ4n) is 13.1. The van der Waals surface area contributed by atoms with Crippen LogP contribution < -0.4 is 44.2 Å². The van der Waals surface area contributed by atoms with E-state index < -0.39 is 22.2 Å². The SMILES string of the molecule is Cc1ccc(-c2nn(C(C)(C)CNC(=O)c3ccc(Br)cn3)c3ncnc(N)c23)cc1.Cc1ccc(-c2nn(C(C)(C)CNC(=O)c3ccnc(Cl)c3)c3ncnc(N)c23)cc1.Cc1ccc(-c2nn(C(C)(C)CNC(=O)c3ccnc(Cl)n3)c3ncnc(N)c23)cc1.Cc1ccc(-c2nn(C(C)(C)CNC(=O)c3ccnnc3)c3ncnc(N)c23)cc1. The monoisotopic (exact) mass is 1750 g/mol. The fraction of sp³-hybridized carbons (Fsp3) is 0.233. The highest BCUT2D eigenvalue weighted by Crippen LogP contribution is 2.38. The highest BCUT2D eigenvalue weighted by molar-refractivity contribution is 9.10. The number of fused-ring (bicyclic) bond motifs is 4. The number of benzene rings is 4. The van der Waals surface area contributed by atoms with Crippen LogP contribution in [0.3, 0.4) is 0 Å². The average molecular weight is 1760 g/mol. The molecule has 0 bridgehead atoms. The number of carbonyl (C=O) groups excluding carboxylic acids is 4. The summed E-state index contributed by atoms with van der Waals surface area (Å²) in [5.41, 5.74) is 37.3. The molecule has 4 aromatic carbocycles. The van der Waals surface area contributed by atoms with Gasteiger partial charge in [0.1, 0.15) is 87.9 Å². The van der Waals surface area contributed by atoms with E-state index >= 15 is 0 Å². The number of halogens is 3. The predicted octanol–water partition coefficient (Wildman–Crippen LogP) is 12.6. The maximum Gasteiger partial charge on any atom is 0.270 e. The number of hydrogen-bond donors (Lipinski definition) is 8. The lowest BCUT2D eigenvalue weighted by atomic mass is 10.1. The summed E-state index contributed by atoms with van der Waals surface area (Å²) in [7, 11) is 0. The first-order valence-electron chi connectivity index (χ1n) is 38.5. The Morgan fingerprint density at radius 1 is 0.358 bits per heavy atom. The Morgan fingerprint density at radius 2 is 0.683 bits per heavy atom. The summed E-state index contributed by atoms with van der Waals surface area (Å²) in [6, 6.07) is 41.8. The van der Waals surface area contributed by atoms with Crippen LogP contribution in [-0.4, -0.2) is 159 Å². The molecule has 12 aromatic heterocycles. The third-order valence-electron chi connectivity index (χ3n) is 19.9. The first-order chi connectivity index (χ1) is 58.6. The molecule has 0 fully saturated rings. The molecule has 0 unspecified atom stereocenters. The number of carbonyl (C=O) groups is 4. The van der Waals surface area contributed by atoms with Gasteiger partial charge in [0, 0.05) is 77.1 Å². The minimum absolute atomic E-state index is 0.0138. The molecule has 0 saturated carbocycles. The van der Waals surface area contributed by atoms with Crippen LogP contribution in [0.4, 0.5) is 23.3 Å². The lowest BCUT2D eigenvalue weighted by Gasteiger charge is -2.26. The number of aryl methyl sites for hydroxylation is 4. The van der Waals surface area contributed by atoms with Gasteiger partial charge in [-0.1, -0.05) is 131 Å². The molecule has 16 aromatic rings. The van der Waals surface area contributed by atoms with Gasteiger partial charge in [-0.25, -0.2) is 78.5 Å². The van der Waals surface area contributed by atoms with Crippen molar-refractivity contribution in [2.75, 3.05) is 49.1 Å². The molecule has 0 radical (unpaired) electrons. The van der Waals surface area contributed by atoms with Gasteiger partial charge in [-0.05, 0) is 147 Å². The zero-order valence-corrected chi connectivity index (χ0v) is 72.2. The van der Waals surface area contributed by atoms with Crippen LogP contribution in [0.25, 0.3) is 89.2 Å². The molecule has 0 spiro atoms. The van der Waals surface area contributed by atoms with Gasteiger partial charge in [0.25, 0.3) is 23.6 Å². The molecule has 0 saturated heterocycles. The van der Waals surface area contributed by atoms with E-state index in [2.05, 4.69) is 107 Å². The summed E-state index contributed by atoms with van der Waals surface area (Å²) in [6.45, 7) is 25.1. The molecule has 34 nitrogen and oxygen atoms in total. The largest absolute Gasteiger partial charge is 0.383 e. The molecule has 0 atom stereocenters. The third-order valence-corrected chi connectivity index (χ3v) is 20.8. The van der Waals surface area contributed by atoms with E-state index in [1.807, 2.05) is 180 Å². The summed E-state index contributed by atoms with van der Waals surface area (Å²) >= 11 is 15.0. The van der Waals surface area contributed by atoms with E-state index in [0.29, 0.717) is 127 Å². The van der Waals surface area contributed by atoms with Crippen LogP contribution in [0, 0.1) is 27.7 Å². The number of nitrogen functional groups attached to an aromatic ring is 4. The molecule has 626 valence electrons. The van der Waals surface area contributed by atoms with Crippen molar-refractivity contribution >= 4 is 130 Å². The standard InChI is InChI=1S/C22H22BrN7O.C22H22ClN7O.C21H21ClN8O.C21H22N8O/c1-13-4-6-14(7-5-13)18-17-19(24)27-12-28-20(17)30(29-18)22(2,3)11-26-21(31)16-9-8-15(23)10-25-16;1-13-4-6-14(7-5-13)18-17-19(24)27-12-28-20(17)30(29-18)22(2,3)11-26-21(31)15-8-9-25-16(23)10-15;1-12-4-6-13(7-5-12)16-15-17(23)26-11-27-18(15)30(29-16)21(2,3)10-25-19(31)14-8-9-24-20(22)28-14;1-13-4-6-14(7-5-13)17-16-18(22)24-12-25-19(16)29(28-17)21(2,3)11-23-20(30)15-8-9-26-27-10-15/h2*4-10,12H,11H2,1-3H3,(H,26,31)(H2,24,27,28);4-9,11H,10H2,1-3H3,(H,25,31)(H2,23,26,27);4-10,12H,11H2,1-3H3,(H,23,30)(H2,22,24,25). The second-order valence-corrected chi connectivity index (χ2v) is 33.0. The minimum atomic E-state index is -0.630. The second-order valence-electron chi connectivity index (χ2n) is 31.4. The molecular weight excluding hydrogens is 1670 g/mol. The number of nitrogens with zero attached hydrogens (tertiary/aromatic N) is 22. The summed E-state index contributed by atoms with van der Waals surface area (Å²) in [5.74, 6) is 0.339. The van der Waals surface area contributed by atoms with Crippen LogP contribution in [0.15, 0.2) is 194 Å². The lowest BCUT2D eigenvalue weighted by molar-refractivity contribution is 0.0924. The highest BCUT2D eigenvalue weighted by atomic mass is 79.9. The zero-order chi connectivity index (χ0) is 87.8. The van der Waals surface area contributed by atoms with Crippen molar-refractivity contribution in [3.63, 3.8) is 0 Å². The number of anilines is 4. The van der Waals surface area contributed by atoms with E-state index in [9.17, 15) is 19.2 Å². The van der Waals surface area contributed by atoms with Crippen molar-refractivity contribution in [1.29, 1.82) is 0 Å². The van der Waals surface area contributed by atoms with Crippen LogP contribution >= 0.6 is 39.1 Å². The molecule has 0 aliphatic heterocycles. The van der Waals surface area contributed by atoms with E-state index in [1.54, 1.807) is 49.2 Å². The van der Waals surface area contributed by atoms with E-state index in [-0.39, 0.29) is 46.3 Å². The number of nitrogens with one attached hydrogen (secondary N) is 4. The molecule has 12 heterocycles. The Hall–Kier alpha value is -14.3. The molecule has 12 N–H and O–H groups in total. The van der Waals surface area contributed by atoms with Gasteiger partial charge in [0.05, 0.1) is 61.7 Å². The summed E-state index contributed by atoms with van der Waals surface area (Å²) in [5, 5.41) is 41.5. The van der Waals surface area contributed by atoms with Crippen LogP contribution in [0.2, 0.25) is 10.4 Å². The van der Waals surface area contributed by atoms with Crippen molar-refractivity contribution < 1.29 is 19.2 Å². The fourth-order valence-corrected chi connectivity index (χ4v) is 13.6. The molecular formula is C86H87BrCl2N30O4. The number of amides is 4. The molecule has 0 aliphatic rings. The molecule has 37 heteroatoms. The maximum absolute atomic E-state index is 12.6. The van der Waals surface area contributed by atoms with Crippen LogP contribution in [-0.2, 0) is 22.2 Å². The number of aromatic nitrogens is 22. The summed E-state index contributed by atoms with van der Waals surface area (Å²) in [4.78, 5) is 100. The smallest absolute Gasteiger partial charge is 0.270 e. The lowest BCUT2D eigenvalue weighted by Crippen LogP contribution is -2.41. The normalized spacial score (nSPS) is 11.6. The number of pyridine rings is 2. The van der Waals surface area contributed by atoms with Gasteiger partial charge in [-0.3, -0.25) is 19.2 Å². The van der Waals surface area contributed by atoms with E-state index in [4.69, 9.17) is 66.5 Å². The minimum Gasteiger partial charge on any atom is -0.383 e. The Bertz CT molecular complexity index is 6360. The molecule has 16 rings (SSSR count). The molecule has 4 amide bonds. The summed E-state index contributed by atoms with van der Waals surface area (Å²) in [6.07, 6.45) is 13.1. The highest BCUT2D eigenvalue weighted by Gasteiger charge is 2.34. The Labute approximate surface area is 724 Å². The number of nitrogens with two attached hydrogens (primary N) is 4. The Kier molecular flexibility index (Phi) is 25.6. The van der Waals surface area contributed by atoms with Gasteiger partial charge in [-0.2, -0.15) is 30.6 Å². The van der Waals surface area contributed by atoms with Crippen molar-refractivity contribution in [1.82, 2.24) is 130 Å². The first kappa shape index (κ1) is 86.5. The zero-order valence-electron chi connectivity index (χ0n) is 69.1. The van der Waals surface area contributed by atoms with Gasteiger partial charge in [-0.15, -0.1) is 0 Å². The predicted molar refractivity (Wildman–Crippen MR) is 477 cm³/mol. The second kappa shape index (κ2) is 36.3. The Morgan fingerprint density at radius 3 is 1.00 bits per heavy atom. The van der Waals surface area contributed by atoms with E-state index in [1.165, 1.54) is 62.2 Å². The van der Waals surface area contributed by atoms with Crippen LogP contribution in [0.1, 0.15) is 119 Å². The van der Waals surface area contributed by atoms with Gasteiger partial charge in [0.15, 0.2) is 22.6 Å². The first-order valence-corrected chi connectivity index (χ1v) is 40.1. The summed E-state index contributed by atoms with van der Waals surface area (Å²) < 4.78 is 7.96.